The van der Waals surface area contributed by atoms with Crippen LogP contribution in [0.1, 0.15) is 24.5 Å². The zero-order valence-corrected chi connectivity index (χ0v) is 17.0. The predicted molar refractivity (Wildman–Crippen MR) is 113 cm³/mol. The Balaban J connectivity index is 1.74. The van der Waals surface area contributed by atoms with Crippen molar-refractivity contribution >= 4 is 5.57 Å². The van der Waals surface area contributed by atoms with Gasteiger partial charge in [0, 0.05) is 0 Å². The highest BCUT2D eigenvalue weighted by Crippen LogP contribution is 2.36. The average molecular weight is 430 g/mol. The Morgan fingerprint density at radius 3 is 2.32 bits per heavy atom. The van der Waals surface area contributed by atoms with E-state index in [1.54, 1.807) is 25.1 Å². The van der Waals surface area contributed by atoms with Gasteiger partial charge in [0.1, 0.15) is 11.5 Å². The molecule has 0 unspecified atom stereocenters. The van der Waals surface area contributed by atoms with Crippen LogP contribution in [0.3, 0.4) is 0 Å². The molecule has 0 atom stereocenters. The number of aryl methyl sites for hydroxylation is 1. The second kappa shape index (κ2) is 10.2. The first-order chi connectivity index (χ1) is 14.9. The minimum absolute atomic E-state index is 0.0667. The van der Waals surface area contributed by atoms with Gasteiger partial charge in [-0.2, -0.15) is 13.2 Å². The molecule has 0 heterocycles. The molecular weight excluding hydrogens is 408 g/mol. The van der Waals surface area contributed by atoms with E-state index in [4.69, 9.17) is 9.47 Å². The number of hydrogen-bond acceptors (Lipinski definition) is 2. The minimum Gasteiger partial charge on any atom is -0.491 e. The van der Waals surface area contributed by atoms with Crippen LogP contribution in [0.4, 0.5) is 17.6 Å². The van der Waals surface area contributed by atoms with Gasteiger partial charge in [0.25, 0.3) is 0 Å². The molecule has 3 aromatic rings. The summed E-state index contributed by atoms with van der Waals surface area (Å²) in [5.41, 5.74) is -0.259. The molecule has 0 N–H and O–H groups in total. The van der Waals surface area contributed by atoms with Gasteiger partial charge in [-0.05, 0) is 67.3 Å². The van der Waals surface area contributed by atoms with Crippen LogP contribution in [0.25, 0.3) is 5.57 Å². The fraction of sp³-hybridized carbons (Fsp3) is 0.200. The number of ether oxygens (including phenoxy) is 2. The van der Waals surface area contributed by atoms with Crippen LogP contribution in [0.5, 0.6) is 17.2 Å². The lowest BCUT2D eigenvalue weighted by molar-refractivity contribution is -0.0690. The highest BCUT2D eigenvalue weighted by atomic mass is 19.4. The first-order valence-corrected chi connectivity index (χ1v) is 9.88. The Morgan fingerprint density at radius 1 is 0.903 bits per heavy atom. The molecule has 3 aromatic carbocycles. The maximum atomic E-state index is 14.1. The van der Waals surface area contributed by atoms with Crippen molar-refractivity contribution in [1.29, 1.82) is 0 Å². The largest absolute Gasteiger partial charge is 0.491 e. The SMILES string of the molecule is CCOc1ccc(/C(=C\CCc2cccc(Oc3ccccc3)c2)C(F)(F)F)cc1F. The Hall–Kier alpha value is -3.28. The van der Waals surface area contributed by atoms with Crippen molar-refractivity contribution in [2.75, 3.05) is 6.61 Å². The number of allylic oxidation sites excluding steroid dienone is 2. The molecule has 0 aliphatic rings. The molecular formula is C25H22F4O2. The highest BCUT2D eigenvalue weighted by molar-refractivity contribution is 5.70. The van der Waals surface area contributed by atoms with Gasteiger partial charge in [-0.25, -0.2) is 4.39 Å². The van der Waals surface area contributed by atoms with Gasteiger partial charge in [-0.3, -0.25) is 0 Å². The molecule has 0 aliphatic carbocycles. The van der Waals surface area contributed by atoms with Crippen LogP contribution in [-0.4, -0.2) is 12.8 Å². The first-order valence-electron chi connectivity index (χ1n) is 9.88. The normalized spacial score (nSPS) is 12.0. The van der Waals surface area contributed by atoms with Crippen molar-refractivity contribution in [3.8, 4) is 17.2 Å². The Bertz CT molecular complexity index is 1030. The fourth-order valence-electron chi connectivity index (χ4n) is 3.11. The number of alkyl halides is 3. The highest BCUT2D eigenvalue weighted by Gasteiger charge is 2.34. The summed E-state index contributed by atoms with van der Waals surface area (Å²) in [5, 5.41) is 0. The topological polar surface area (TPSA) is 18.5 Å². The molecule has 0 radical (unpaired) electrons. The molecule has 0 aromatic heterocycles. The van der Waals surface area contributed by atoms with E-state index in [-0.39, 0.29) is 24.3 Å². The molecule has 0 aliphatic heterocycles. The van der Waals surface area contributed by atoms with Crippen LogP contribution < -0.4 is 9.47 Å². The standard InChI is InChI=1S/C25H22F4O2/c1-2-30-24-15-14-19(17-23(24)26)22(25(27,28)29)13-7-9-18-8-6-12-21(16-18)31-20-10-4-3-5-11-20/h3-6,8,10-17H,2,7,9H2,1H3/b22-13+. The van der Waals surface area contributed by atoms with Gasteiger partial charge in [-0.1, -0.05) is 42.5 Å². The van der Waals surface area contributed by atoms with Gasteiger partial charge in [0.15, 0.2) is 11.6 Å². The van der Waals surface area contributed by atoms with Crippen LogP contribution in [0, 0.1) is 5.82 Å². The molecule has 31 heavy (non-hydrogen) atoms. The van der Waals surface area contributed by atoms with Gasteiger partial charge in [-0.15, -0.1) is 0 Å². The number of para-hydroxylation sites is 1. The lowest BCUT2D eigenvalue weighted by Crippen LogP contribution is -2.11. The maximum Gasteiger partial charge on any atom is 0.416 e. The van der Waals surface area contributed by atoms with E-state index in [0.717, 1.165) is 17.7 Å². The van der Waals surface area contributed by atoms with E-state index >= 15 is 0 Å². The quantitative estimate of drug-likeness (QED) is 0.343. The van der Waals surface area contributed by atoms with Crippen molar-refractivity contribution in [2.24, 2.45) is 0 Å². The van der Waals surface area contributed by atoms with Gasteiger partial charge in [0.05, 0.1) is 12.2 Å². The van der Waals surface area contributed by atoms with Crippen molar-refractivity contribution in [3.63, 3.8) is 0 Å². The Morgan fingerprint density at radius 2 is 1.65 bits per heavy atom. The Labute approximate surface area is 178 Å². The molecule has 3 rings (SSSR count). The van der Waals surface area contributed by atoms with Crippen molar-refractivity contribution in [3.05, 3.63) is 95.8 Å². The van der Waals surface area contributed by atoms with E-state index in [2.05, 4.69) is 0 Å². The summed E-state index contributed by atoms with van der Waals surface area (Å²) in [6.07, 6.45) is -2.98. The van der Waals surface area contributed by atoms with E-state index < -0.39 is 17.6 Å². The summed E-state index contributed by atoms with van der Waals surface area (Å²) >= 11 is 0. The Kier molecular flexibility index (Phi) is 7.34. The molecule has 162 valence electrons. The lowest BCUT2D eigenvalue weighted by atomic mass is 10.0. The van der Waals surface area contributed by atoms with Crippen molar-refractivity contribution < 1.29 is 27.0 Å². The predicted octanol–water partition coefficient (Wildman–Crippen LogP) is 7.60. The molecule has 0 saturated heterocycles. The number of benzene rings is 3. The van der Waals surface area contributed by atoms with Crippen LogP contribution in [0.15, 0.2) is 78.9 Å². The summed E-state index contributed by atoms with van der Waals surface area (Å²) in [6, 6.07) is 19.7. The van der Waals surface area contributed by atoms with Crippen molar-refractivity contribution in [2.45, 2.75) is 25.9 Å². The zero-order chi connectivity index (χ0) is 22.3. The number of rotatable bonds is 8. The summed E-state index contributed by atoms with van der Waals surface area (Å²) < 4.78 is 65.6. The van der Waals surface area contributed by atoms with Gasteiger partial charge < -0.3 is 9.47 Å². The third kappa shape index (κ3) is 6.35. The molecule has 0 bridgehead atoms. The average Bonchev–Trinajstić information content (AvgIpc) is 2.73. The van der Waals surface area contributed by atoms with E-state index in [1.807, 2.05) is 36.4 Å². The molecule has 0 fully saturated rings. The maximum absolute atomic E-state index is 14.1. The molecule has 2 nitrogen and oxygen atoms in total. The molecule has 0 amide bonds. The molecule has 0 saturated carbocycles. The monoisotopic (exact) mass is 430 g/mol. The van der Waals surface area contributed by atoms with Gasteiger partial charge >= 0.3 is 6.18 Å². The molecule has 6 heteroatoms. The number of hydrogen-bond donors (Lipinski definition) is 0. The first kappa shape index (κ1) is 22.4. The van der Waals surface area contributed by atoms with Crippen molar-refractivity contribution in [1.82, 2.24) is 0 Å². The number of halogens is 4. The third-order valence-electron chi connectivity index (χ3n) is 4.51. The van der Waals surface area contributed by atoms with E-state index in [9.17, 15) is 17.6 Å². The smallest absolute Gasteiger partial charge is 0.416 e. The fourth-order valence-corrected chi connectivity index (χ4v) is 3.11. The second-order valence-electron chi connectivity index (χ2n) is 6.79. The zero-order valence-electron chi connectivity index (χ0n) is 17.0. The molecule has 0 spiro atoms. The van der Waals surface area contributed by atoms with Gasteiger partial charge in [0.2, 0.25) is 0 Å². The van der Waals surface area contributed by atoms with E-state index in [0.29, 0.717) is 17.9 Å². The summed E-state index contributed by atoms with van der Waals surface area (Å²) in [5.74, 6) is 0.400. The summed E-state index contributed by atoms with van der Waals surface area (Å²) in [6.45, 7) is 1.90. The lowest BCUT2D eigenvalue weighted by Gasteiger charge is -2.14. The van der Waals surface area contributed by atoms with Crippen LogP contribution >= 0.6 is 0 Å². The third-order valence-corrected chi connectivity index (χ3v) is 4.51. The second-order valence-corrected chi connectivity index (χ2v) is 6.79. The van der Waals surface area contributed by atoms with Crippen LogP contribution in [-0.2, 0) is 6.42 Å². The summed E-state index contributed by atoms with van der Waals surface area (Å²) in [4.78, 5) is 0. The van der Waals surface area contributed by atoms with Crippen LogP contribution in [0.2, 0.25) is 0 Å². The minimum atomic E-state index is -4.60. The summed E-state index contributed by atoms with van der Waals surface area (Å²) in [7, 11) is 0. The van der Waals surface area contributed by atoms with E-state index in [1.165, 1.54) is 12.1 Å².